The summed E-state index contributed by atoms with van der Waals surface area (Å²) in [5, 5.41) is 2.67. The monoisotopic (exact) mass is 589 g/mol. The van der Waals surface area contributed by atoms with Crippen LogP contribution in [-0.2, 0) is 16.1 Å². The molecule has 4 bridgehead atoms. The van der Waals surface area contributed by atoms with Crippen molar-refractivity contribution in [3.05, 3.63) is 103 Å². The number of carbonyl (C=O) groups excluding carboxylic acids is 1. The van der Waals surface area contributed by atoms with E-state index in [9.17, 15) is 4.79 Å². The van der Waals surface area contributed by atoms with Crippen LogP contribution in [0, 0.1) is 23.7 Å². The third kappa shape index (κ3) is 4.88. The molecular weight excluding hydrogens is 552 g/mol. The molecule has 0 aliphatic heterocycles. The van der Waals surface area contributed by atoms with Gasteiger partial charge in [-0.1, -0.05) is 36.4 Å². The van der Waals surface area contributed by atoms with Crippen LogP contribution in [-0.4, -0.2) is 18.2 Å². The third-order valence-corrected chi connectivity index (χ3v) is 12.7. The molecule has 0 amide bonds. The van der Waals surface area contributed by atoms with Gasteiger partial charge in [0.1, 0.15) is 23.7 Å². The van der Waals surface area contributed by atoms with Crippen molar-refractivity contribution in [1.29, 1.82) is 0 Å². The number of carbonyl (C=O) groups is 1. The van der Waals surface area contributed by atoms with Gasteiger partial charge >= 0.3 is 5.97 Å². The Hall–Kier alpha value is -3.83. The topological polar surface area (TPSA) is 44.8 Å². The summed E-state index contributed by atoms with van der Waals surface area (Å²) in [7, 11) is -0.105. The lowest BCUT2D eigenvalue weighted by Gasteiger charge is -2.59. The summed E-state index contributed by atoms with van der Waals surface area (Å²) >= 11 is 0. The molecule has 1 heterocycles. The number of hydrogen-bond donors (Lipinski definition) is 0. The fraction of sp³-hybridized carbons (Fsp3) is 0.342. The Labute approximate surface area is 255 Å². The molecule has 0 atom stereocenters. The summed E-state index contributed by atoms with van der Waals surface area (Å²) < 4.78 is 20.8. The van der Waals surface area contributed by atoms with Crippen molar-refractivity contribution < 1.29 is 19.0 Å². The highest BCUT2D eigenvalue weighted by molar-refractivity contribution is 7.50. The van der Waals surface area contributed by atoms with Gasteiger partial charge in [-0.25, -0.2) is 4.79 Å². The Bertz CT molecular complexity index is 1700. The van der Waals surface area contributed by atoms with Crippen molar-refractivity contribution in [1.82, 2.24) is 0 Å². The Balaban J connectivity index is 0.870. The number of fused-ring (bicyclic) bond motifs is 3. The van der Waals surface area contributed by atoms with Crippen molar-refractivity contribution in [2.45, 2.75) is 51.2 Å². The van der Waals surface area contributed by atoms with Crippen molar-refractivity contribution in [2.75, 3.05) is 6.61 Å². The molecule has 0 radical (unpaired) electrons. The number of ether oxygens (including phenoxy) is 3. The molecule has 0 saturated heterocycles. The van der Waals surface area contributed by atoms with Gasteiger partial charge < -0.3 is 14.2 Å². The van der Waals surface area contributed by atoms with Crippen LogP contribution in [0.2, 0.25) is 0 Å². The lowest BCUT2D eigenvalue weighted by molar-refractivity contribution is -0.204. The van der Waals surface area contributed by atoms with E-state index in [-0.39, 0.29) is 28.6 Å². The maximum atomic E-state index is 12.8. The highest BCUT2D eigenvalue weighted by atomic mass is 32.2. The zero-order chi connectivity index (χ0) is 29.0. The number of rotatable bonds is 8. The molecule has 4 fully saturated rings. The van der Waals surface area contributed by atoms with Gasteiger partial charge in [0.15, 0.2) is 20.9 Å². The average Bonchev–Trinajstić information content (AvgIpc) is 3.37. The van der Waals surface area contributed by atoms with Gasteiger partial charge in [0, 0.05) is 33.4 Å². The number of hydrogen-bond acceptors (Lipinski definition) is 4. The Morgan fingerprint density at radius 1 is 0.698 bits per heavy atom. The summed E-state index contributed by atoms with van der Waals surface area (Å²) in [6.45, 7) is 2.58. The summed E-state index contributed by atoms with van der Waals surface area (Å²) in [5.41, 5.74) is 0.723. The van der Waals surface area contributed by atoms with Crippen LogP contribution in [0.1, 0.15) is 44.6 Å². The van der Waals surface area contributed by atoms with Crippen LogP contribution in [0.3, 0.4) is 0 Å². The Kier molecular flexibility index (Phi) is 6.67. The van der Waals surface area contributed by atoms with Crippen molar-refractivity contribution in [3.8, 4) is 16.4 Å². The first kappa shape index (κ1) is 26.8. The quantitative estimate of drug-likeness (QED) is 0.134. The van der Waals surface area contributed by atoms with E-state index in [1.165, 1.54) is 57.2 Å². The fourth-order valence-corrected chi connectivity index (χ4v) is 10.7. The summed E-state index contributed by atoms with van der Waals surface area (Å²) in [5.74, 6) is 3.98. The lowest BCUT2D eigenvalue weighted by Crippen LogP contribution is -2.58. The predicted molar refractivity (Wildman–Crippen MR) is 173 cm³/mol. The maximum Gasteiger partial charge on any atom is 0.344 e. The van der Waals surface area contributed by atoms with Gasteiger partial charge in [-0.05, 0) is 117 Å². The maximum absolute atomic E-state index is 12.8. The molecule has 0 unspecified atom stereocenters. The Morgan fingerprint density at radius 3 is 1.84 bits per heavy atom. The van der Waals surface area contributed by atoms with E-state index >= 15 is 0 Å². The van der Waals surface area contributed by atoms with Gasteiger partial charge in [0.25, 0.3) is 0 Å². The summed E-state index contributed by atoms with van der Waals surface area (Å²) in [6, 6.07) is 33.8. The molecule has 4 nitrogen and oxygen atoms in total. The van der Waals surface area contributed by atoms with E-state index in [0.29, 0.717) is 24.2 Å². The second kappa shape index (κ2) is 10.7. The molecule has 4 saturated carbocycles. The summed E-state index contributed by atoms with van der Waals surface area (Å²) in [6.07, 6.45) is 6.26. The van der Waals surface area contributed by atoms with Crippen molar-refractivity contribution in [3.63, 3.8) is 0 Å². The van der Waals surface area contributed by atoms with Crippen LogP contribution < -0.4 is 9.47 Å². The Morgan fingerprint density at radius 2 is 1.23 bits per heavy atom. The first-order valence-corrected chi connectivity index (χ1v) is 16.8. The SMILES string of the molecule is CC1(OC(=O)COc2ccc(COc3ccc(-[s+]4c5ccccc5c5ccccc54)cc3)cc2)C2CC3CC(C2)CC1C3. The van der Waals surface area contributed by atoms with E-state index < -0.39 is 0 Å². The largest absolute Gasteiger partial charge is 0.489 e. The minimum atomic E-state index is -0.320. The molecular formula is C38H37O4S+. The molecule has 4 aliphatic rings. The second-order valence-electron chi connectivity index (χ2n) is 13.0. The second-order valence-corrected chi connectivity index (χ2v) is 14.9. The van der Waals surface area contributed by atoms with Gasteiger partial charge in [0.2, 0.25) is 0 Å². The van der Waals surface area contributed by atoms with E-state index in [2.05, 4.69) is 79.7 Å². The van der Waals surface area contributed by atoms with E-state index in [4.69, 9.17) is 14.2 Å². The smallest absolute Gasteiger partial charge is 0.344 e. The minimum absolute atomic E-state index is 0.0549. The van der Waals surface area contributed by atoms with E-state index in [0.717, 1.165) is 23.1 Å². The zero-order valence-corrected chi connectivity index (χ0v) is 25.4. The first-order valence-electron chi connectivity index (χ1n) is 15.6. The molecule has 1 aromatic heterocycles. The molecule has 4 aromatic carbocycles. The number of thiophene rings is 1. The van der Waals surface area contributed by atoms with Crippen LogP contribution >= 0.6 is 10.5 Å². The molecule has 5 aromatic rings. The van der Waals surface area contributed by atoms with Crippen LogP contribution in [0.4, 0.5) is 0 Å². The lowest BCUT2D eigenvalue weighted by atomic mass is 9.50. The van der Waals surface area contributed by atoms with Gasteiger partial charge in [-0.15, -0.1) is 0 Å². The first-order chi connectivity index (χ1) is 21.0. The molecule has 5 heteroatoms. The molecule has 4 aliphatic carbocycles. The zero-order valence-electron chi connectivity index (χ0n) is 24.5. The van der Waals surface area contributed by atoms with E-state index in [1.807, 2.05) is 24.3 Å². The van der Waals surface area contributed by atoms with Crippen LogP contribution in [0.25, 0.3) is 25.1 Å². The molecule has 218 valence electrons. The average molecular weight is 590 g/mol. The molecule has 9 rings (SSSR count). The molecule has 0 N–H and O–H groups in total. The van der Waals surface area contributed by atoms with Crippen LogP contribution in [0.15, 0.2) is 97.1 Å². The fourth-order valence-electron chi connectivity index (χ4n) is 8.33. The van der Waals surface area contributed by atoms with Gasteiger partial charge in [-0.2, -0.15) is 0 Å². The third-order valence-electron chi connectivity index (χ3n) is 10.3. The predicted octanol–water partition coefficient (Wildman–Crippen LogP) is 9.45. The highest BCUT2D eigenvalue weighted by Crippen LogP contribution is 2.59. The van der Waals surface area contributed by atoms with E-state index in [1.54, 1.807) is 0 Å². The highest BCUT2D eigenvalue weighted by Gasteiger charge is 2.57. The minimum Gasteiger partial charge on any atom is -0.489 e. The van der Waals surface area contributed by atoms with Crippen molar-refractivity contribution in [2.24, 2.45) is 23.7 Å². The van der Waals surface area contributed by atoms with Crippen molar-refractivity contribution >= 4 is 36.6 Å². The molecule has 0 spiro atoms. The molecule has 43 heavy (non-hydrogen) atoms. The normalized spacial score (nSPS) is 25.7. The standard InChI is InChI=1S/C38H37O4S/c1-38(28-19-26-18-27(21-28)22-29(38)20-26)42-37(39)24-41-30-12-10-25(11-13-30)23-40-31-14-16-32(17-15-31)43-35-8-4-2-6-33(35)34-7-3-5-9-36(34)43/h2-17,26-29H,18-24H2,1H3/q+1. The summed E-state index contributed by atoms with van der Waals surface area (Å²) in [4.78, 5) is 14.1. The number of esters is 1. The number of benzene rings is 4. The van der Waals surface area contributed by atoms with Gasteiger partial charge in [-0.3, -0.25) is 0 Å². The van der Waals surface area contributed by atoms with Gasteiger partial charge in [0.05, 0.1) is 0 Å². The van der Waals surface area contributed by atoms with Crippen LogP contribution in [0.5, 0.6) is 11.5 Å².